The SMILES string of the molecule is CC(=O)[C@@H]1OB(c2ccccc2)O[C@H]1C[C@H](O[Si](c1ccccc1)(c1ccccc1)C(C)(C)C)C(C)C. The topological polar surface area (TPSA) is 44.8 Å². The molecule has 37 heavy (non-hydrogen) atoms. The van der Waals surface area contributed by atoms with E-state index in [1.807, 2.05) is 30.3 Å². The van der Waals surface area contributed by atoms with Gasteiger partial charge in [0, 0.05) is 6.42 Å². The second-order valence-corrected chi connectivity index (χ2v) is 15.6. The summed E-state index contributed by atoms with van der Waals surface area (Å²) in [5, 5.41) is 2.35. The smallest absolute Gasteiger partial charge is 0.404 e. The summed E-state index contributed by atoms with van der Waals surface area (Å²) < 4.78 is 20.0. The van der Waals surface area contributed by atoms with Gasteiger partial charge < -0.3 is 13.7 Å². The second kappa shape index (κ2) is 11.5. The second-order valence-electron chi connectivity index (χ2n) is 11.4. The van der Waals surface area contributed by atoms with Gasteiger partial charge in [0.2, 0.25) is 0 Å². The van der Waals surface area contributed by atoms with Crippen LogP contribution in [0.3, 0.4) is 0 Å². The number of hydrogen-bond acceptors (Lipinski definition) is 4. The zero-order valence-electron chi connectivity index (χ0n) is 22.9. The Labute approximate surface area is 223 Å². The lowest BCUT2D eigenvalue weighted by Crippen LogP contribution is -2.68. The largest absolute Gasteiger partial charge is 0.494 e. The minimum Gasteiger partial charge on any atom is -0.404 e. The van der Waals surface area contributed by atoms with Gasteiger partial charge in [0.25, 0.3) is 8.32 Å². The van der Waals surface area contributed by atoms with Crippen molar-refractivity contribution < 1.29 is 18.5 Å². The fraction of sp³-hybridized carbons (Fsp3) is 0.387. The standard InChI is InChI=1S/C31H39BO4Si/c1-23(2)28(22-29-30(24(3)33)35-32(34-29)25-16-10-7-11-17-25)36-37(31(4,5)6,26-18-12-8-13-19-26)27-20-14-9-15-21-27/h7-21,23,28-30H,22H2,1-6H3/t28-,29-,30-/m0/s1. The molecule has 0 saturated carbocycles. The predicted octanol–water partition coefficient (Wildman–Crippen LogP) is 4.75. The number of rotatable bonds is 9. The summed E-state index contributed by atoms with van der Waals surface area (Å²) in [5.41, 5.74) is 0.922. The minimum absolute atomic E-state index is 0.0172. The summed E-state index contributed by atoms with van der Waals surface area (Å²) in [5.74, 6) is 0.199. The first-order valence-electron chi connectivity index (χ1n) is 13.3. The van der Waals surface area contributed by atoms with E-state index in [1.165, 1.54) is 10.4 Å². The third-order valence-electron chi connectivity index (χ3n) is 7.33. The van der Waals surface area contributed by atoms with E-state index >= 15 is 0 Å². The maximum Gasteiger partial charge on any atom is 0.494 e. The van der Waals surface area contributed by atoms with Crippen LogP contribution in [-0.4, -0.2) is 39.5 Å². The molecule has 1 fully saturated rings. The van der Waals surface area contributed by atoms with Crippen molar-refractivity contribution in [2.45, 2.75) is 71.3 Å². The van der Waals surface area contributed by atoms with Crippen LogP contribution in [0.5, 0.6) is 0 Å². The molecule has 3 aromatic rings. The Kier molecular flexibility index (Phi) is 8.54. The van der Waals surface area contributed by atoms with E-state index in [2.05, 4.69) is 95.3 Å². The van der Waals surface area contributed by atoms with Gasteiger partial charge in [-0.1, -0.05) is 126 Å². The number of benzene rings is 3. The van der Waals surface area contributed by atoms with Gasteiger partial charge in [-0.2, -0.15) is 0 Å². The van der Waals surface area contributed by atoms with Gasteiger partial charge in [-0.3, -0.25) is 4.79 Å². The highest BCUT2D eigenvalue weighted by Gasteiger charge is 2.53. The van der Waals surface area contributed by atoms with Crippen LogP contribution in [0.1, 0.15) is 48.0 Å². The molecule has 1 aliphatic rings. The van der Waals surface area contributed by atoms with Crippen molar-refractivity contribution in [1.29, 1.82) is 0 Å². The molecule has 194 valence electrons. The molecule has 4 nitrogen and oxygen atoms in total. The first kappa shape index (κ1) is 27.5. The molecule has 4 rings (SSSR count). The van der Waals surface area contributed by atoms with Gasteiger partial charge in [0.1, 0.15) is 6.10 Å². The summed E-state index contributed by atoms with van der Waals surface area (Å²) in [6, 6.07) is 31.2. The van der Waals surface area contributed by atoms with Crippen molar-refractivity contribution in [3.63, 3.8) is 0 Å². The third kappa shape index (κ3) is 5.83. The van der Waals surface area contributed by atoms with Crippen molar-refractivity contribution >= 4 is 37.1 Å². The molecule has 0 radical (unpaired) electrons. The fourth-order valence-corrected chi connectivity index (χ4v) is 10.2. The molecule has 6 heteroatoms. The van der Waals surface area contributed by atoms with Crippen molar-refractivity contribution in [1.82, 2.24) is 0 Å². The molecule has 0 spiro atoms. The lowest BCUT2D eigenvalue weighted by Gasteiger charge is -2.46. The minimum atomic E-state index is -2.76. The third-order valence-corrected chi connectivity index (χ3v) is 12.4. The van der Waals surface area contributed by atoms with E-state index in [1.54, 1.807) is 6.92 Å². The van der Waals surface area contributed by atoms with Crippen molar-refractivity contribution in [2.24, 2.45) is 5.92 Å². The average Bonchev–Trinajstić information content (AvgIpc) is 3.31. The van der Waals surface area contributed by atoms with Crippen molar-refractivity contribution in [3.8, 4) is 0 Å². The van der Waals surface area contributed by atoms with Crippen LogP contribution in [0.25, 0.3) is 0 Å². The van der Waals surface area contributed by atoms with Crippen molar-refractivity contribution in [2.75, 3.05) is 0 Å². The van der Waals surface area contributed by atoms with Gasteiger partial charge in [0.05, 0.1) is 12.2 Å². The Morgan fingerprint density at radius 3 is 1.78 bits per heavy atom. The number of carbonyl (C=O) groups is 1. The molecule has 0 N–H and O–H groups in total. The van der Waals surface area contributed by atoms with Crippen LogP contribution in [0.15, 0.2) is 91.0 Å². The molecule has 0 unspecified atom stereocenters. The zero-order chi connectivity index (χ0) is 26.6. The highest BCUT2D eigenvalue weighted by atomic mass is 28.4. The summed E-state index contributed by atoms with van der Waals surface area (Å²) in [6.07, 6.45) is -0.547. The van der Waals surface area contributed by atoms with Crippen LogP contribution >= 0.6 is 0 Å². The van der Waals surface area contributed by atoms with E-state index in [4.69, 9.17) is 13.7 Å². The molecule has 1 heterocycles. The average molecular weight is 515 g/mol. The van der Waals surface area contributed by atoms with E-state index in [0.29, 0.717) is 6.42 Å². The fourth-order valence-electron chi connectivity index (χ4n) is 5.39. The monoisotopic (exact) mass is 514 g/mol. The molecular formula is C31H39BO4Si. The highest BCUT2D eigenvalue weighted by molar-refractivity contribution is 6.99. The predicted molar refractivity (Wildman–Crippen MR) is 154 cm³/mol. The molecule has 1 saturated heterocycles. The Bertz CT molecular complexity index is 1110. The summed E-state index contributed by atoms with van der Waals surface area (Å²) in [7, 11) is -3.31. The zero-order valence-corrected chi connectivity index (χ0v) is 23.9. The van der Waals surface area contributed by atoms with Gasteiger partial charge in [-0.05, 0) is 33.7 Å². The van der Waals surface area contributed by atoms with Crippen molar-refractivity contribution in [3.05, 3.63) is 91.0 Å². The van der Waals surface area contributed by atoms with E-state index in [0.717, 1.165) is 5.46 Å². The first-order valence-corrected chi connectivity index (χ1v) is 15.2. The quantitative estimate of drug-likeness (QED) is 0.387. The Morgan fingerprint density at radius 1 is 0.865 bits per heavy atom. The van der Waals surface area contributed by atoms with Gasteiger partial charge >= 0.3 is 7.12 Å². The molecule has 1 aliphatic heterocycles. The Morgan fingerprint density at radius 2 is 1.35 bits per heavy atom. The summed E-state index contributed by atoms with van der Waals surface area (Å²) in [6.45, 7) is 12.8. The lowest BCUT2D eigenvalue weighted by atomic mass is 9.79. The summed E-state index contributed by atoms with van der Waals surface area (Å²) >= 11 is 0. The van der Waals surface area contributed by atoms with Crippen LogP contribution in [0, 0.1) is 5.92 Å². The number of ketones is 1. The van der Waals surface area contributed by atoms with Crippen LogP contribution in [0.4, 0.5) is 0 Å². The van der Waals surface area contributed by atoms with E-state index < -0.39 is 21.5 Å². The molecule has 3 aromatic carbocycles. The number of carbonyl (C=O) groups excluding carboxylic acids is 1. The van der Waals surface area contributed by atoms with Crippen LogP contribution < -0.4 is 15.8 Å². The molecule has 3 atom stereocenters. The summed E-state index contributed by atoms with van der Waals surface area (Å²) in [4.78, 5) is 12.6. The van der Waals surface area contributed by atoms with Crippen LogP contribution in [0.2, 0.25) is 5.04 Å². The lowest BCUT2D eigenvalue weighted by molar-refractivity contribution is -0.125. The van der Waals surface area contributed by atoms with E-state index in [9.17, 15) is 4.79 Å². The molecule has 0 aliphatic carbocycles. The van der Waals surface area contributed by atoms with Gasteiger partial charge in [-0.25, -0.2) is 0 Å². The molecule has 0 amide bonds. The van der Waals surface area contributed by atoms with Gasteiger partial charge in [-0.15, -0.1) is 0 Å². The molecular weight excluding hydrogens is 475 g/mol. The molecule has 0 aromatic heterocycles. The van der Waals surface area contributed by atoms with Crippen LogP contribution in [-0.2, 0) is 18.5 Å². The van der Waals surface area contributed by atoms with Gasteiger partial charge in [0.15, 0.2) is 5.78 Å². The number of Topliss-reactive ketones (excluding diaryl/α,β-unsaturated/α-hetero) is 1. The first-order chi connectivity index (χ1) is 17.6. The van der Waals surface area contributed by atoms with E-state index in [-0.39, 0.29) is 28.9 Å². The molecule has 0 bridgehead atoms. The maximum absolute atomic E-state index is 12.6. The number of hydrogen-bond donors (Lipinski definition) is 0. The highest BCUT2D eigenvalue weighted by Crippen LogP contribution is 2.39. The Hall–Kier alpha value is -2.51. The normalized spacial score (nSPS) is 19.3. The Balaban J connectivity index is 1.72. The maximum atomic E-state index is 12.6.